The number of benzene rings is 1. The van der Waals surface area contributed by atoms with Crippen LogP contribution >= 0.6 is 0 Å². The summed E-state index contributed by atoms with van der Waals surface area (Å²) in [6.45, 7) is 2.83. The van der Waals surface area contributed by atoms with Crippen LogP contribution in [-0.4, -0.2) is 36.9 Å². The Morgan fingerprint density at radius 2 is 2.13 bits per heavy atom. The molecule has 0 spiro atoms. The second-order valence-electron chi connectivity index (χ2n) is 5.80. The molecule has 1 aliphatic rings. The number of pyridine rings is 1. The molecule has 3 rings (SSSR count). The van der Waals surface area contributed by atoms with Crippen molar-refractivity contribution in [2.75, 3.05) is 13.1 Å². The highest BCUT2D eigenvalue weighted by atomic mass is 32.2. The zero-order valence-corrected chi connectivity index (χ0v) is 13.9. The number of ether oxygens (including phenoxy) is 1. The van der Waals surface area contributed by atoms with Crippen molar-refractivity contribution >= 4 is 10.0 Å². The molecule has 2 aromatic rings. The SMILES string of the molecule is Cc1cccc(CS(=O)(=O)N2CCC(Oc3ccccn3)C2)c1. The molecule has 1 atom stereocenters. The Morgan fingerprint density at radius 3 is 2.87 bits per heavy atom. The summed E-state index contributed by atoms with van der Waals surface area (Å²) in [7, 11) is -3.32. The van der Waals surface area contributed by atoms with E-state index < -0.39 is 10.0 Å². The van der Waals surface area contributed by atoms with Crippen molar-refractivity contribution in [3.05, 3.63) is 59.8 Å². The lowest BCUT2D eigenvalue weighted by Gasteiger charge is -2.17. The summed E-state index contributed by atoms with van der Waals surface area (Å²) in [5, 5.41) is 0. The number of aromatic nitrogens is 1. The molecule has 5 nitrogen and oxygen atoms in total. The summed E-state index contributed by atoms with van der Waals surface area (Å²) in [4.78, 5) is 4.12. The molecule has 0 aliphatic carbocycles. The maximum Gasteiger partial charge on any atom is 0.218 e. The van der Waals surface area contributed by atoms with Crippen LogP contribution < -0.4 is 4.74 Å². The minimum absolute atomic E-state index is 0.0327. The Morgan fingerprint density at radius 1 is 1.26 bits per heavy atom. The monoisotopic (exact) mass is 332 g/mol. The fourth-order valence-electron chi connectivity index (χ4n) is 2.74. The maximum absolute atomic E-state index is 12.6. The van der Waals surface area contributed by atoms with Crippen LogP contribution in [0.15, 0.2) is 48.7 Å². The van der Waals surface area contributed by atoms with Crippen LogP contribution in [0.25, 0.3) is 0 Å². The number of sulfonamides is 1. The third-order valence-electron chi connectivity index (χ3n) is 3.86. The quantitative estimate of drug-likeness (QED) is 0.843. The van der Waals surface area contributed by atoms with Gasteiger partial charge in [-0.1, -0.05) is 35.9 Å². The zero-order valence-electron chi connectivity index (χ0n) is 13.1. The van der Waals surface area contributed by atoms with E-state index in [4.69, 9.17) is 4.74 Å². The van der Waals surface area contributed by atoms with Gasteiger partial charge in [0.05, 0.1) is 12.3 Å². The van der Waals surface area contributed by atoms with E-state index in [1.165, 1.54) is 4.31 Å². The summed E-state index contributed by atoms with van der Waals surface area (Å²) >= 11 is 0. The van der Waals surface area contributed by atoms with Crippen molar-refractivity contribution in [1.29, 1.82) is 0 Å². The number of aryl methyl sites for hydroxylation is 1. The van der Waals surface area contributed by atoms with Gasteiger partial charge < -0.3 is 4.74 Å². The largest absolute Gasteiger partial charge is 0.473 e. The Balaban J connectivity index is 1.63. The smallest absolute Gasteiger partial charge is 0.218 e. The van der Waals surface area contributed by atoms with E-state index in [1.54, 1.807) is 12.3 Å². The lowest BCUT2D eigenvalue weighted by molar-refractivity contribution is 0.207. The highest BCUT2D eigenvalue weighted by molar-refractivity contribution is 7.88. The van der Waals surface area contributed by atoms with Gasteiger partial charge in [-0.2, -0.15) is 4.31 Å². The van der Waals surface area contributed by atoms with Gasteiger partial charge in [0.2, 0.25) is 15.9 Å². The van der Waals surface area contributed by atoms with Gasteiger partial charge in [-0.05, 0) is 25.0 Å². The van der Waals surface area contributed by atoms with E-state index in [0.29, 0.717) is 25.4 Å². The zero-order chi connectivity index (χ0) is 16.3. The predicted octanol–water partition coefficient (Wildman–Crippen LogP) is 2.37. The van der Waals surface area contributed by atoms with Crippen molar-refractivity contribution in [2.24, 2.45) is 0 Å². The van der Waals surface area contributed by atoms with Crippen molar-refractivity contribution in [2.45, 2.75) is 25.2 Å². The van der Waals surface area contributed by atoms with Crippen molar-refractivity contribution in [3.63, 3.8) is 0 Å². The first-order valence-electron chi connectivity index (χ1n) is 7.64. The number of rotatable bonds is 5. The Labute approximate surface area is 137 Å². The number of nitrogens with zero attached hydrogens (tertiary/aromatic N) is 2. The summed E-state index contributed by atoms with van der Waals surface area (Å²) in [5.74, 6) is 0.570. The molecule has 0 bridgehead atoms. The maximum atomic E-state index is 12.6. The van der Waals surface area contributed by atoms with Crippen LogP contribution in [0.1, 0.15) is 17.5 Å². The fraction of sp³-hybridized carbons (Fsp3) is 0.353. The Bertz CT molecular complexity index is 762. The van der Waals surface area contributed by atoms with E-state index in [9.17, 15) is 8.42 Å². The van der Waals surface area contributed by atoms with Gasteiger partial charge in [0, 0.05) is 18.8 Å². The average molecular weight is 332 g/mol. The molecule has 6 heteroatoms. The van der Waals surface area contributed by atoms with Crippen LogP contribution in [0.2, 0.25) is 0 Å². The molecule has 1 fully saturated rings. The third kappa shape index (κ3) is 4.09. The molecular formula is C17H20N2O3S. The first-order chi connectivity index (χ1) is 11.0. The normalized spacial score (nSPS) is 18.9. The molecular weight excluding hydrogens is 312 g/mol. The van der Waals surface area contributed by atoms with Crippen molar-refractivity contribution in [3.8, 4) is 5.88 Å². The predicted molar refractivity (Wildman–Crippen MR) is 88.6 cm³/mol. The average Bonchev–Trinajstić information content (AvgIpc) is 2.97. The minimum atomic E-state index is -3.32. The number of hydrogen-bond donors (Lipinski definition) is 0. The second-order valence-corrected chi connectivity index (χ2v) is 7.77. The summed E-state index contributed by atoms with van der Waals surface area (Å²) in [5.41, 5.74) is 1.88. The topological polar surface area (TPSA) is 59.5 Å². The highest BCUT2D eigenvalue weighted by Gasteiger charge is 2.32. The van der Waals surface area contributed by atoms with Gasteiger partial charge in [0.15, 0.2) is 0 Å². The van der Waals surface area contributed by atoms with E-state index in [1.807, 2.05) is 43.3 Å². The number of hydrogen-bond acceptors (Lipinski definition) is 4. The highest BCUT2D eigenvalue weighted by Crippen LogP contribution is 2.21. The van der Waals surface area contributed by atoms with Crippen LogP contribution in [0.3, 0.4) is 0 Å². The Hall–Kier alpha value is -1.92. The molecule has 0 amide bonds. The first kappa shape index (κ1) is 16.0. The molecule has 0 saturated carbocycles. The standard InChI is InChI=1S/C17H20N2O3S/c1-14-5-4-6-15(11-14)13-23(20,21)19-10-8-16(12-19)22-17-7-2-3-9-18-17/h2-7,9,11,16H,8,10,12-13H2,1H3. The van der Waals surface area contributed by atoms with Gasteiger partial charge in [0.1, 0.15) is 6.10 Å². The van der Waals surface area contributed by atoms with E-state index in [2.05, 4.69) is 4.98 Å². The molecule has 0 radical (unpaired) electrons. The molecule has 1 aromatic heterocycles. The van der Waals surface area contributed by atoms with Crippen LogP contribution in [0.5, 0.6) is 5.88 Å². The summed E-state index contributed by atoms with van der Waals surface area (Å²) in [6, 6.07) is 13.1. The van der Waals surface area contributed by atoms with Crippen molar-refractivity contribution < 1.29 is 13.2 Å². The van der Waals surface area contributed by atoms with Gasteiger partial charge in [0.25, 0.3) is 0 Å². The van der Waals surface area contributed by atoms with Crippen molar-refractivity contribution in [1.82, 2.24) is 9.29 Å². The van der Waals surface area contributed by atoms with E-state index in [-0.39, 0.29) is 11.9 Å². The van der Waals surface area contributed by atoms with Gasteiger partial charge >= 0.3 is 0 Å². The lowest BCUT2D eigenvalue weighted by Crippen LogP contribution is -2.32. The van der Waals surface area contributed by atoms with Crippen LogP contribution in [0, 0.1) is 6.92 Å². The van der Waals surface area contributed by atoms with Gasteiger partial charge in [-0.3, -0.25) is 0 Å². The third-order valence-corrected chi connectivity index (χ3v) is 5.67. The van der Waals surface area contributed by atoms with Gasteiger partial charge in [-0.15, -0.1) is 0 Å². The van der Waals surface area contributed by atoms with Gasteiger partial charge in [-0.25, -0.2) is 13.4 Å². The van der Waals surface area contributed by atoms with Crippen LogP contribution in [-0.2, 0) is 15.8 Å². The molecule has 122 valence electrons. The van der Waals surface area contributed by atoms with E-state index >= 15 is 0 Å². The summed E-state index contributed by atoms with van der Waals surface area (Å²) < 4.78 is 32.4. The van der Waals surface area contributed by atoms with E-state index in [0.717, 1.165) is 11.1 Å². The second kappa shape index (κ2) is 6.68. The molecule has 0 N–H and O–H groups in total. The Kier molecular flexibility index (Phi) is 4.63. The first-order valence-corrected chi connectivity index (χ1v) is 9.25. The summed E-state index contributed by atoms with van der Waals surface area (Å²) in [6.07, 6.45) is 2.21. The molecule has 1 aromatic carbocycles. The molecule has 1 unspecified atom stereocenters. The molecule has 2 heterocycles. The molecule has 1 aliphatic heterocycles. The minimum Gasteiger partial charge on any atom is -0.473 e. The lowest BCUT2D eigenvalue weighted by atomic mass is 10.2. The molecule has 23 heavy (non-hydrogen) atoms. The van der Waals surface area contributed by atoms with Crippen LogP contribution in [0.4, 0.5) is 0 Å². The molecule has 1 saturated heterocycles. The fourth-order valence-corrected chi connectivity index (χ4v) is 4.30.